The van der Waals surface area contributed by atoms with E-state index in [1.165, 1.54) is 0 Å². The van der Waals surface area contributed by atoms with E-state index >= 15 is 0 Å². The second kappa shape index (κ2) is 4.60. The van der Waals surface area contributed by atoms with Gasteiger partial charge in [0.25, 0.3) is 5.91 Å². The summed E-state index contributed by atoms with van der Waals surface area (Å²) in [4.78, 5) is 11.9. The first-order valence-corrected chi connectivity index (χ1v) is 7.53. The molecule has 1 saturated heterocycles. The summed E-state index contributed by atoms with van der Waals surface area (Å²) in [6, 6.07) is -0.127. The van der Waals surface area contributed by atoms with Gasteiger partial charge in [0, 0.05) is 6.04 Å². The van der Waals surface area contributed by atoms with E-state index in [0.29, 0.717) is 24.2 Å². The van der Waals surface area contributed by atoms with Crippen LogP contribution in [0.5, 0.6) is 0 Å². The molecular formula is C10H16N4O3S. The Morgan fingerprint density at radius 2 is 2.06 bits per heavy atom. The highest BCUT2D eigenvalue weighted by Gasteiger charge is 2.26. The third-order valence-electron chi connectivity index (χ3n) is 3.10. The van der Waals surface area contributed by atoms with E-state index in [1.54, 1.807) is 6.92 Å². The first-order chi connectivity index (χ1) is 8.39. The molecule has 0 unspecified atom stereocenters. The highest BCUT2D eigenvalue weighted by molar-refractivity contribution is 7.91. The number of nitrogens with zero attached hydrogens (tertiary/aromatic N) is 1. The van der Waals surface area contributed by atoms with Gasteiger partial charge in [0.2, 0.25) is 0 Å². The summed E-state index contributed by atoms with van der Waals surface area (Å²) in [5, 5.41) is 9.23. The fourth-order valence-corrected chi connectivity index (χ4v) is 3.39. The maximum atomic E-state index is 11.9. The highest BCUT2D eigenvalue weighted by atomic mass is 32.2. The lowest BCUT2D eigenvalue weighted by Crippen LogP contribution is -2.41. The number of hydrogen-bond donors (Lipinski definition) is 3. The third-order valence-corrected chi connectivity index (χ3v) is 4.81. The summed E-state index contributed by atoms with van der Waals surface area (Å²) in [5.41, 5.74) is 6.84. The molecule has 0 atom stereocenters. The Labute approximate surface area is 105 Å². The van der Waals surface area contributed by atoms with Gasteiger partial charge in [-0.3, -0.25) is 9.89 Å². The lowest BCUT2D eigenvalue weighted by molar-refractivity contribution is 0.0930. The largest absolute Gasteiger partial charge is 0.395 e. The first kappa shape index (κ1) is 12.9. The minimum atomic E-state index is -2.92. The molecule has 4 N–H and O–H groups in total. The Bertz CT molecular complexity index is 550. The lowest BCUT2D eigenvalue weighted by Gasteiger charge is -2.22. The van der Waals surface area contributed by atoms with Crippen LogP contribution < -0.4 is 11.1 Å². The summed E-state index contributed by atoms with van der Waals surface area (Å²) in [7, 11) is -2.92. The monoisotopic (exact) mass is 272 g/mol. The number of rotatable bonds is 2. The SMILES string of the molecule is Cc1[nH]nc(C(=O)NC2CCS(=O)(=O)CC2)c1N. The van der Waals surface area contributed by atoms with Crippen molar-refractivity contribution in [2.75, 3.05) is 17.2 Å². The topological polar surface area (TPSA) is 118 Å². The van der Waals surface area contributed by atoms with E-state index < -0.39 is 9.84 Å². The molecule has 18 heavy (non-hydrogen) atoms. The van der Waals surface area contributed by atoms with Crippen molar-refractivity contribution >= 4 is 21.4 Å². The molecule has 8 heteroatoms. The summed E-state index contributed by atoms with van der Waals surface area (Å²) in [6.45, 7) is 1.73. The number of hydrogen-bond acceptors (Lipinski definition) is 5. The van der Waals surface area contributed by atoms with Gasteiger partial charge in [-0.2, -0.15) is 5.10 Å². The van der Waals surface area contributed by atoms with Crippen LogP contribution in [-0.4, -0.2) is 42.1 Å². The molecule has 0 aliphatic carbocycles. The summed E-state index contributed by atoms with van der Waals surface area (Å²) in [5.74, 6) is -0.124. The number of carbonyl (C=O) groups is 1. The van der Waals surface area contributed by atoms with E-state index in [-0.39, 0.29) is 29.1 Å². The van der Waals surface area contributed by atoms with Crippen LogP contribution in [0.15, 0.2) is 0 Å². The molecule has 1 aliphatic heterocycles. The van der Waals surface area contributed by atoms with Crippen molar-refractivity contribution < 1.29 is 13.2 Å². The van der Waals surface area contributed by atoms with Crippen molar-refractivity contribution in [3.8, 4) is 0 Å². The van der Waals surface area contributed by atoms with Crippen molar-refractivity contribution in [1.29, 1.82) is 0 Å². The van der Waals surface area contributed by atoms with Crippen LogP contribution in [-0.2, 0) is 9.84 Å². The molecule has 100 valence electrons. The minimum absolute atomic E-state index is 0.118. The Hall–Kier alpha value is -1.57. The van der Waals surface area contributed by atoms with E-state index in [9.17, 15) is 13.2 Å². The van der Waals surface area contributed by atoms with Gasteiger partial charge in [-0.05, 0) is 19.8 Å². The number of nitrogens with one attached hydrogen (secondary N) is 2. The molecule has 1 fully saturated rings. The molecule has 1 aromatic heterocycles. The molecule has 0 radical (unpaired) electrons. The number of amides is 1. The predicted molar refractivity (Wildman–Crippen MR) is 66.9 cm³/mol. The molecule has 0 spiro atoms. The average molecular weight is 272 g/mol. The zero-order valence-corrected chi connectivity index (χ0v) is 10.9. The van der Waals surface area contributed by atoms with E-state index in [4.69, 9.17) is 5.73 Å². The number of nitrogens with two attached hydrogens (primary N) is 1. The molecule has 0 aromatic carbocycles. The highest BCUT2D eigenvalue weighted by Crippen LogP contribution is 2.15. The fourth-order valence-electron chi connectivity index (χ4n) is 1.90. The Balaban J connectivity index is 1.99. The van der Waals surface area contributed by atoms with Gasteiger partial charge in [-0.25, -0.2) is 8.42 Å². The molecule has 0 saturated carbocycles. The van der Waals surface area contributed by atoms with Crippen LogP contribution >= 0.6 is 0 Å². The van der Waals surface area contributed by atoms with Crippen LogP contribution in [0.2, 0.25) is 0 Å². The Kier molecular flexibility index (Phi) is 3.29. The van der Waals surface area contributed by atoms with Gasteiger partial charge < -0.3 is 11.1 Å². The smallest absolute Gasteiger partial charge is 0.274 e. The average Bonchev–Trinajstić information content (AvgIpc) is 2.63. The summed E-state index contributed by atoms with van der Waals surface area (Å²) >= 11 is 0. The minimum Gasteiger partial charge on any atom is -0.395 e. The maximum Gasteiger partial charge on any atom is 0.274 e. The second-order valence-electron chi connectivity index (χ2n) is 4.51. The number of aromatic nitrogens is 2. The number of H-pyrrole nitrogens is 1. The van der Waals surface area contributed by atoms with Crippen molar-refractivity contribution in [2.45, 2.75) is 25.8 Å². The lowest BCUT2D eigenvalue weighted by atomic mass is 10.1. The summed E-state index contributed by atoms with van der Waals surface area (Å²) < 4.78 is 22.5. The van der Waals surface area contributed by atoms with Crippen LogP contribution in [0.4, 0.5) is 5.69 Å². The Morgan fingerprint density at radius 1 is 1.44 bits per heavy atom. The number of carbonyl (C=O) groups excluding carboxylic acids is 1. The maximum absolute atomic E-state index is 11.9. The van der Waals surface area contributed by atoms with E-state index in [0.717, 1.165) is 0 Å². The van der Waals surface area contributed by atoms with Gasteiger partial charge >= 0.3 is 0 Å². The third kappa shape index (κ3) is 2.63. The van der Waals surface area contributed by atoms with Crippen LogP contribution in [0.3, 0.4) is 0 Å². The van der Waals surface area contributed by atoms with Gasteiger partial charge in [0.15, 0.2) is 5.69 Å². The molecule has 1 amide bonds. The predicted octanol–water partition coefficient (Wildman–Crippen LogP) is -0.393. The van der Waals surface area contributed by atoms with Gasteiger partial charge in [-0.15, -0.1) is 0 Å². The van der Waals surface area contributed by atoms with Crippen LogP contribution in [0.1, 0.15) is 29.0 Å². The normalized spacial score (nSPS) is 19.6. The second-order valence-corrected chi connectivity index (χ2v) is 6.81. The number of sulfone groups is 1. The van der Waals surface area contributed by atoms with Gasteiger partial charge in [0.1, 0.15) is 9.84 Å². The van der Waals surface area contributed by atoms with Gasteiger partial charge in [-0.1, -0.05) is 0 Å². The number of nitrogen functional groups attached to an aromatic ring is 1. The Morgan fingerprint density at radius 3 is 2.56 bits per heavy atom. The molecule has 2 rings (SSSR count). The van der Waals surface area contributed by atoms with Crippen molar-refractivity contribution in [3.05, 3.63) is 11.4 Å². The van der Waals surface area contributed by atoms with Gasteiger partial charge in [0.05, 0.1) is 22.9 Å². The zero-order chi connectivity index (χ0) is 13.3. The first-order valence-electron chi connectivity index (χ1n) is 5.71. The number of aryl methyl sites for hydroxylation is 1. The standard InChI is InChI=1S/C10H16N4O3S/c1-6-8(11)9(14-13-6)10(15)12-7-2-4-18(16,17)5-3-7/h7H,2-5,11H2,1H3,(H,12,15)(H,13,14). The zero-order valence-electron chi connectivity index (χ0n) is 10.1. The van der Waals surface area contributed by atoms with Crippen molar-refractivity contribution in [2.24, 2.45) is 0 Å². The summed E-state index contributed by atoms with van der Waals surface area (Å²) in [6.07, 6.45) is 0.884. The van der Waals surface area contributed by atoms with Crippen molar-refractivity contribution in [3.63, 3.8) is 0 Å². The molecule has 7 nitrogen and oxygen atoms in total. The van der Waals surface area contributed by atoms with Crippen LogP contribution in [0, 0.1) is 6.92 Å². The molecular weight excluding hydrogens is 256 g/mol. The van der Waals surface area contributed by atoms with E-state index in [2.05, 4.69) is 15.5 Å². The molecule has 2 heterocycles. The fraction of sp³-hybridized carbons (Fsp3) is 0.600. The molecule has 1 aliphatic rings. The van der Waals surface area contributed by atoms with Crippen LogP contribution in [0.25, 0.3) is 0 Å². The van der Waals surface area contributed by atoms with E-state index in [1.807, 2.05) is 0 Å². The number of anilines is 1. The number of aromatic amines is 1. The van der Waals surface area contributed by atoms with Crippen molar-refractivity contribution in [1.82, 2.24) is 15.5 Å². The molecule has 0 bridgehead atoms. The quantitative estimate of drug-likeness (QED) is 0.677. The molecule has 1 aromatic rings.